The van der Waals surface area contributed by atoms with Crippen LogP contribution in [0.3, 0.4) is 0 Å². The van der Waals surface area contributed by atoms with Crippen molar-refractivity contribution >= 4 is 18.0 Å². The lowest BCUT2D eigenvalue weighted by molar-refractivity contribution is 0.785. The van der Waals surface area contributed by atoms with E-state index >= 15 is 0 Å². The average molecular weight is 285 g/mol. The maximum Gasteiger partial charge on any atom is 0.199 e. The van der Waals surface area contributed by atoms with Gasteiger partial charge in [-0.15, -0.1) is 0 Å². The van der Waals surface area contributed by atoms with E-state index in [1.807, 2.05) is 0 Å². The van der Waals surface area contributed by atoms with Gasteiger partial charge in [0.25, 0.3) is 0 Å². The first-order chi connectivity index (χ1) is 9.63. The molecule has 1 aromatic heterocycles. The van der Waals surface area contributed by atoms with Crippen LogP contribution in [-0.2, 0) is 6.42 Å². The van der Waals surface area contributed by atoms with Crippen LogP contribution >= 0.6 is 12.2 Å². The monoisotopic (exact) mass is 285 g/mol. The summed E-state index contributed by atoms with van der Waals surface area (Å²) in [7, 11) is 0. The van der Waals surface area contributed by atoms with Crippen molar-refractivity contribution in [3.05, 3.63) is 39.7 Å². The van der Waals surface area contributed by atoms with Gasteiger partial charge in [-0.1, -0.05) is 17.2 Å². The highest BCUT2D eigenvalue weighted by molar-refractivity contribution is 7.71. The molecular formula is C16H19N3S. The summed E-state index contributed by atoms with van der Waals surface area (Å²) < 4.78 is 0.548. The van der Waals surface area contributed by atoms with E-state index in [0.717, 1.165) is 24.5 Å². The molecule has 1 aromatic carbocycles. The zero-order valence-electron chi connectivity index (χ0n) is 11.9. The molecule has 20 heavy (non-hydrogen) atoms. The molecule has 2 aromatic rings. The maximum atomic E-state index is 5.29. The minimum Gasteiger partial charge on any atom is -0.370 e. The van der Waals surface area contributed by atoms with Gasteiger partial charge in [0.2, 0.25) is 0 Å². The Balaban J connectivity index is 2.22. The molecule has 4 heteroatoms. The number of aromatic nitrogens is 2. The fourth-order valence-corrected chi connectivity index (χ4v) is 3.08. The van der Waals surface area contributed by atoms with Crippen LogP contribution in [0.5, 0.6) is 0 Å². The first-order valence-corrected chi connectivity index (χ1v) is 7.50. The van der Waals surface area contributed by atoms with Crippen LogP contribution < -0.4 is 5.32 Å². The van der Waals surface area contributed by atoms with Gasteiger partial charge in [-0.2, -0.15) is 0 Å². The van der Waals surface area contributed by atoms with Crippen LogP contribution in [0.4, 0.5) is 5.82 Å². The summed E-state index contributed by atoms with van der Waals surface area (Å²) in [6.45, 7) is 5.23. The van der Waals surface area contributed by atoms with E-state index in [-0.39, 0.29) is 0 Å². The fourth-order valence-electron chi connectivity index (χ4n) is 2.89. The zero-order valence-corrected chi connectivity index (χ0v) is 12.7. The van der Waals surface area contributed by atoms with Crippen molar-refractivity contribution in [1.29, 1.82) is 0 Å². The van der Waals surface area contributed by atoms with Crippen LogP contribution in [0.15, 0.2) is 18.2 Å². The smallest absolute Gasteiger partial charge is 0.199 e. The van der Waals surface area contributed by atoms with Gasteiger partial charge in [-0.05, 0) is 63.0 Å². The van der Waals surface area contributed by atoms with E-state index in [0.29, 0.717) is 4.77 Å². The predicted octanol–water partition coefficient (Wildman–Crippen LogP) is 4.17. The molecular weight excluding hydrogens is 266 g/mol. The second-order valence-electron chi connectivity index (χ2n) is 5.50. The third-order valence-electron chi connectivity index (χ3n) is 3.69. The molecule has 0 aliphatic carbocycles. The number of hydrogen-bond acceptors (Lipinski definition) is 3. The zero-order chi connectivity index (χ0) is 14.1. The van der Waals surface area contributed by atoms with Crippen molar-refractivity contribution in [3.63, 3.8) is 0 Å². The van der Waals surface area contributed by atoms with Gasteiger partial charge in [0.05, 0.1) is 5.69 Å². The number of aromatic amines is 1. The molecule has 0 saturated heterocycles. The fraction of sp³-hybridized carbons (Fsp3) is 0.375. The van der Waals surface area contributed by atoms with Crippen LogP contribution in [-0.4, -0.2) is 16.5 Å². The third-order valence-corrected chi connectivity index (χ3v) is 3.88. The Kier molecular flexibility index (Phi) is 3.57. The van der Waals surface area contributed by atoms with Gasteiger partial charge < -0.3 is 10.3 Å². The van der Waals surface area contributed by atoms with E-state index in [1.165, 1.54) is 35.1 Å². The van der Waals surface area contributed by atoms with E-state index in [2.05, 4.69) is 47.3 Å². The first kappa shape index (κ1) is 13.3. The minimum atomic E-state index is 0.548. The number of fused-ring (bicyclic) bond motifs is 1. The largest absolute Gasteiger partial charge is 0.370 e. The summed E-state index contributed by atoms with van der Waals surface area (Å²) in [6.07, 6.45) is 3.41. The van der Waals surface area contributed by atoms with Crippen LogP contribution in [0.2, 0.25) is 0 Å². The lowest BCUT2D eigenvalue weighted by Crippen LogP contribution is -2.05. The van der Waals surface area contributed by atoms with Gasteiger partial charge in [-0.3, -0.25) is 0 Å². The number of rotatable bonds is 1. The van der Waals surface area contributed by atoms with Crippen LogP contribution in [0.1, 0.15) is 29.5 Å². The molecule has 0 atom stereocenters. The summed E-state index contributed by atoms with van der Waals surface area (Å²) in [5.74, 6) is 0.959. The number of aryl methyl sites for hydroxylation is 2. The van der Waals surface area contributed by atoms with Gasteiger partial charge in [0, 0.05) is 12.1 Å². The molecule has 0 amide bonds. The van der Waals surface area contributed by atoms with Crippen molar-refractivity contribution in [1.82, 2.24) is 9.97 Å². The molecule has 2 heterocycles. The van der Waals surface area contributed by atoms with Crippen molar-refractivity contribution in [2.75, 3.05) is 11.9 Å². The molecule has 1 aliphatic rings. The minimum absolute atomic E-state index is 0.548. The number of nitrogens with one attached hydrogen (secondary N) is 2. The Morgan fingerprint density at radius 3 is 2.60 bits per heavy atom. The van der Waals surface area contributed by atoms with Crippen molar-refractivity contribution in [2.24, 2.45) is 0 Å². The number of anilines is 1. The van der Waals surface area contributed by atoms with Gasteiger partial charge in [0.1, 0.15) is 5.82 Å². The second kappa shape index (κ2) is 5.37. The van der Waals surface area contributed by atoms with E-state index in [4.69, 9.17) is 12.2 Å². The van der Waals surface area contributed by atoms with Gasteiger partial charge in [0.15, 0.2) is 4.77 Å². The Labute approximate surface area is 124 Å². The van der Waals surface area contributed by atoms with Crippen LogP contribution in [0.25, 0.3) is 11.3 Å². The lowest BCUT2D eigenvalue weighted by atomic mass is 9.99. The second-order valence-corrected chi connectivity index (χ2v) is 5.89. The molecule has 0 unspecified atom stereocenters. The topological polar surface area (TPSA) is 40.7 Å². The van der Waals surface area contributed by atoms with E-state index < -0.39 is 0 Å². The van der Waals surface area contributed by atoms with E-state index in [9.17, 15) is 0 Å². The Morgan fingerprint density at radius 1 is 1.10 bits per heavy atom. The average Bonchev–Trinajstić information content (AvgIpc) is 2.61. The van der Waals surface area contributed by atoms with Crippen molar-refractivity contribution in [2.45, 2.75) is 33.1 Å². The van der Waals surface area contributed by atoms with Crippen LogP contribution in [0, 0.1) is 18.6 Å². The summed E-state index contributed by atoms with van der Waals surface area (Å²) in [5.41, 5.74) is 6.14. The van der Waals surface area contributed by atoms with E-state index in [1.54, 1.807) is 0 Å². The third kappa shape index (κ3) is 2.61. The first-order valence-electron chi connectivity index (χ1n) is 7.09. The molecule has 3 nitrogen and oxygen atoms in total. The highest BCUT2D eigenvalue weighted by Gasteiger charge is 2.15. The Hall–Kier alpha value is -1.68. The standard InChI is InChI=1S/C16H19N3S/c1-10-7-11(2)9-12(8-10)14-13-5-3-4-6-17-15(13)19-16(20)18-14/h7-9H,3-6H2,1-2H3,(H2,17,18,19,20). The molecule has 0 radical (unpaired) electrons. The quantitative estimate of drug-likeness (QED) is 0.773. The molecule has 0 bridgehead atoms. The van der Waals surface area contributed by atoms with Gasteiger partial charge in [-0.25, -0.2) is 4.98 Å². The highest BCUT2D eigenvalue weighted by atomic mass is 32.1. The Bertz CT molecular complexity index is 683. The molecule has 2 N–H and O–H groups in total. The summed E-state index contributed by atoms with van der Waals surface area (Å²) >= 11 is 5.29. The lowest BCUT2D eigenvalue weighted by Gasteiger charge is -2.13. The summed E-state index contributed by atoms with van der Waals surface area (Å²) in [4.78, 5) is 7.75. The maximum absolute atomic E-state index is 5.29. The predicted molar refractivity (Wildman–Crippen MR) is 85.8 cm³/mol. The molecule has 3 rings (SSSR count). The number of benzene rings is 1. The number of nitrogens with zero attached hydrogens (tertiary/aromatic N) is 1. The Morgan fingerprint density at radius 2 is 1.85 bits per heavy atom. The summed E-state index contributed by atoms with van der Waals surface area (Å²) in [5, 5.41) is 3.41. The van der Waals surface area contributed by atoms with Gasteiger partial charge >= 0.3 is 0 Å². The summed E-state index contributed by atoms with van der Waals surface area (Å²) in [6, 6.07) is 6.60. The van der Waals surface area contributed by atoms with Crippen molar-refractivity contribution in [3.8, 4) is 11.3 Å². The molecule has 1 aliphatic heterocycles. The number of hydrogen-bond donors (Lipinski definition) is 2. The molecule has 0 fully saturated rings. The molecule has 0 spiro atoms. The normalized spacial score (nSPS) is 14.3. The SMILES string of the molecule is Cc1cc(C)cc(-c2[nH]c(=S)nc3c2CCCCN3)c1. The molecule has 104 valence electrons. The number of H-pyrrole nitrogens is 1. The highest BCUT2D eigenvalue weighted by Crippen LogP contribution is 2.30. The molecule has 0 saturated carbocycles. The van der Waals surface area contributed by atoms with Crippen molar-refractivity contribution < 1.29 is 0 Å².